The van der Waals surface area contributed by atoms with Gasteiger partial charge in [-0.05, 0) is 134 Å². The highest BCUT2D eigenvalue weighted by Crippen LogP contribution is 2.44. The maximum atomic E-state index is 5.37. The summed E-state index contributed by atoms with van der Waals surface area (Å²) in [7, 11) is 0. The van der Waals surface area contributed by atoms with Crippen LogP contribution in [0.2, 0.25) is 0 Å². The molecule has 0 saturated heterocycles. The van der Waals surface area contributed by atoms with Gasteiger partial charge in [-0.1, -0.05) is 188 Å². The third-order valence-electron chi connectivity index (χ3n) is 17.9. The first-order chi connectivity index (χ1) is 42.5. The van der Waals surface area contributed by atoms with Crippen LogP contribution in [0.5, 0.6) is 0 Å². The highest BCUT2D eigenvalue weighted by molar-refractivity contribution is 6.15. The molecular weight excluding hydrogens is 1050 g/mol. The molecule has 9 aromatic carbocycles. The van der Waals surface area contributed by atoms with Crippen molar-refractivity contribution >= 4 is 114 Å². The number of rotatable bonds is 8. The Bertz CT molecular complexity index is 5160. The summed E-state index contributed by atoms with van der Waals surface area (Å²) in [6, 6.07) is 80.9. The van der Waals surface area contributed by atoms with E-state index >= 15 is 0 Å². The number of aliphatic imine (C=N–C) groups is 2. The van der Waals surface area contributed by atoms with Gasteiger partial charge in [0.15, 0.2) is 11.5 Å². The molecule has 4 aromatic heterocycles. The Morgan fingerprint density at radius 2 is 0.942 bits per heavy atom. The Morgan fingerprint density at radius 1 is 0.395 bits per heavy atom. The molecule has 4 aliphatic rings. The first-order valence-electron chi connectivity index (χ1n) is 29.8. The summed E-state index contributed by atoms with van der Waals surface area (Å²) >= 11 is 0. The molecule has 0 fully saturated rings. The number of para-hydroxylation sites is 5. The van der Waals surface area contributed by atoms with E-state index in [0.29, 0.717) is 5.84 Å². The third-order valence-corrected chi connectivity index (χ3v) is 17.9. The Kier molecular flexibility index (Phi) is 11.4. The summed E-state index contributed by atoms with van der Waals surface area (Å²) in [6.07, 6.45) is 26.0. The molecule has 86 heavy (non-hydrogen) atoms. The molecule has 1 atom stereocenters. The van der Waals surface area contributed by atoms with Crippen molar-refractivity contribution < 1.29 is 0 Å². The summed E-state index contributed by atoms with van der Waals surface area (Å²) in [5.41, 5.74) is 22.2. The minimum Gasteiger partial charge on any atom is -0.342 e. The molecule has 1 N–H and O–H groups in total. The number of hydrogen-bond acceptors (Lipinski definition) is 3. The smallest absolute Gasteiger partial charge is 0.159 e. The standard InChI is InChI=1S/C79H57N7/c1-79(56-27-8-3-9-28-56)81-77(52-24-6-2-7-25-52)80-78(82-79)55-45-47-75(76(50-55)86-69-39-19-14-33-59(69)60-34-15-20-40-70(60)86)85-71-41-21-17-36-63(71)66-51-58(31-23-43-73(66)85)84-68-37-13-5-12-32-61(68)65-49-54(44-46-74(65)84)53-26-22-42-72-64(48-53)62-35-16-18-38-67(62)83(72)57-29-10-4-11-30-57/h2-4,6-25,27-30,32-51H,5,26,31H2,1H3,(H,80,81,82). The van der Waals surface area contributed by atoms with Crippen LogP contribution in [0.15, 0.2) is 259 Å². The minimum atomic E-state index is -0.795. The van der Waals surface area contributed by atoms with Crippen molar-refractivity contribution in [3.05, 3.63) is 305 Å². The van der Waals surface area contributed by atoms with Crippen LogP contribution in [-0.2, 0) is 5.66 Å². The number of benzene rings is 9. The summed E-state index contributed by atoms with van der Waals surface area (Å²) in [5.74, 6) is 1.43. The summed E-state index contributed by atoms with van der Waals surface area (Å²) in [4.78, 5) is 10.7. The summed E-state index contributed by atoms with van der Waals surface area (Å²) < 4.78 is 9.89. The van der Waals surface area contributed by atoms with Gasteiger partial charge < -0.3 is 23.6 Å². The van der Waals surface area contributed by atoms with E-state index in [0.717, 1.165) is 75.4 Å². The number of nitrogens with zero attached hydrogens (tertiary/aromatic N) is 6. The Morgan fingerprint density at radius 3 is 1.66 bits per heavy atom. The molecule has 0 amide bonds. The zero-order valence-corrected chi connectivity index (χ0v) is 47.4. The fourth-order valence-corrected chi connectivity index (χ4v) is 14.0. The number of hydrogen-bond donors (Lipinski definition) is 1. The second-order valence-corrected chi connectivity index (χ2v) is 23.0. The molecule has 0 saturated carbocycles. The van der Waals surface area contributed by atoms with E-state index in [2.05, 4.69) is 310 Å². The SMILES string of the molecule is CC1(c2ccccc2)N=C(c2ccccc2)N=C(c2ccc(-n3c4c(c5ccccc53)C=C(n3c5c(c6cc(C7=Cc8c(n(-c9ccccc9)c9ccccc89)C=CC7)ccc63)C=CCC=C5)CC=C4)c(-n3c4ccccc4c4ccccc43)c2)N1. The Hall–Kier alpha value is -11.0. The third kappa shape index (κ3) is 7.89. The number of nitrogens with one attached hydrogen (secondary N) is 1. The molecule has 7 nitrogen and oxygen atoms in total. The van der Waals surface area contributed by atoms with Crippen molar-refractivity contribution in [1.82, 2.24) is 23.6 Å². The first-order valence-corrected chi connectivity index (χ1v) is 29.8. The number of amidine groups is 2. The predicted octanol–water partition coefficient (Wildman–Crippen LogP) is 19.1. The van der Waals surface area contributed by atoms with Gasteiger partial charge in [0.2, 0.25) is 0 Å². The summed E-state index contributed by atoms with van der Waals surface area (Å²) in [5, 5.41) is 9.94. The van der Waals surface area contributed by atoms with Crippen LogP contribution < -0.4 is 5.32 Å². The molecule has 0 spiro atoms. The average Bonchev–Trinajstić information content (AvgIpc) is 1.87. The zero-order chi connectivity index (χ0) is 56.9. The normalized spacial score (nSPS) is 16.3. The molecule has 0 radical (unpaired) electrons. The maximum Gasteiger partial charge on any atom is 0.159 e. The van der Waals surface area contributed by atoms with Gasteiger partial charge in [0.05, 0.1) is 56.0 Å². The van der Waals surface area contributed by atoms with E-state index in [-0.39, 0.29) is 0 Å². The lowest BCUT2D eigenvalue weighted by atomic mass is 9.98. The second kappa shape index (κ2) is 19.8. The molecule has 13 aromatic rings. The van der Waals surface area contributed by atoms with Crippen LogP contribution >= 0.6 is 0 Å². The highest BCUT2D eigenvalue weighted by atomic mass is 15.2. The van der Waals surface area contributed by atoms with Crippen LogP contribution in [0, 0.1) is 0 Å². The lowest BCUT2D eigenvalue weighted by Gasteiger charge is -2.33. The van der Waals surface area contributed by atoms with Gasteiger partial charge in [-0.25, -0.2) is 9.98 Å². The van der Waals surface area contributed by atoms with E-state index in [9.17, 15) is 0 Å². The van der Waals surface area contributed by atoms with Gasteiger partial charge in [0, 0.05) is 72.6 Å². The van der Waals surface area contributed by atoms with Crippen molar-refractivity contribution in [2.24, 2.45) is 9.98 Å². The number of allylic oxidation sites excluding steroid dienone is 6. The van der Waals surface area contributed by atoms with Crippen LogP contribution in [0.1, 0.15) is 82.2 Å². The average molecular weight is 1100 g/mol. The molecular formula is C79H57N7. The topological polar surface area (TPSA) is 56.5 Å². The van der Waals surface area contributed by atoms with Crippen molar-refractivity contribution in [3.8, 4) is 17.1 Å². The van der Waals surface area contributed by atoms with Crippen molar-refractivity contribution in [2.45, 2.75) is 31.8 Å². The van der Waals surface area contributed by atoms with Gasteiger partial charge in [-0.15, -0.1) is 0 Å². The van der Waals surface area contributed by atoms with E-state index in [4.69, 9.17) is 9.98 Å². The molecule has 3 aliphatic carbocycles. The Labute approximate surface area is 498 Å². The molecule has 0 bridgehead atoms. The largest absolute Gasteiger partial charge is 0.342 e. The number of fused-ring (bicyclic) bond motifs is 12. The fourth-order valence-electron chi connectivity index (χ4n) is 14.0. The maximum absolute atomic E-state index is 5.37. The van der Waals surface area contributed by atoms with Gasteiger partial charge in [-0.3, -0.25) is 0 Å². The lowest BCUT2D eigenvalue weighted by molar-refractivity contribution is 0.455. The molecule has 7 heteroatoms. The second-order valence-electron chi connectivity index (χ2n) is 23.0. The van der Waals surface area contributed by atoms with Crippen LogP contribution in [0.25, 0.3) is 119 Å². The van der Waals surface area contributed by atoms with Gasteiger partial charge >= 0.3 is 0 Å². The Balaban J connectivity index is 0.841. The molecule has 408 valence electrons. The van der Waals surface area contributed by atoms with Crippen molar-refractivity contribution in [2.75, 3.05) is 0 Å². The zero-order valence-electron chi connectivity index (χ0n) is 47.4. The number of aromatic nitrogens is 4. The van der Waals surface area contributed by atoms with E-state index < -0.39 is 5.66 Å². The van der Waals surface area contributed by atoms with E-state index in [1.165, 1.54) is 88.6 Å². The molecule has 5 heterocycles. The quantitative estimate of drug-likeness (QED) is 0.162. The highest BCUT2D eigenvalue weighted by Gasteiger charge is 2.33. The van der Waals surface area contributed by atoms with E-state index in [1.54, 1.807) is 0 Å². The molecule has 1 aliphatic heterocycles. The van der Waals surface area contributed by atoms with Crippen molar-refractivity contribution in [3.63, 3.8) is 0 Å². The predicted molar refractivity (Wildman–Crippen MR) is 361 cm³/mol. The van der Waals surface area contributed by atoms with Crippen molar-refractivity contribution in [1.29, 1.82) is 0 Å². The molecule has 1 unspecified atom stereocenters. The monoisotopic (exact) mass is 1100 g/mol. The van der Waals surface area contributed by atoms with Gasteiger partial charge in [0.1, 0.15) is 5.84 Å². The van der Waals surface area contributed by atoms with Crippen LogP contribution in [0.3, 0.4) is 0 Å². The molecule has 17 rings (SSSR count). The fraction of sp³-hybridized carbons (Fsp3) is 0.0633. The minimum absolute atomic E-state index is 0.680. The van der Waals surface area contributed by atoms with Gasteiger partial charge in [0.25, 0.3) is 0 Å². The van der Waals surface area contributed by atoms with Gasteiger partial charge in [-0.2, -0.15) is 0 Å². The van der Waals surface area contributed by atoms with Crippen LogP contribution in [-0.4, -0.2) is 29.9 Å². The first kappa shape index (κ1) is 49.6. The van der Waals surface area contributed by atoms with E-state index in [1.807, 2.05) is 6.07 Å². The van der Waals surface area contributed by atoms with Crippen LogP contribution in [0.4, 0.5) is 0 Å². The summed E-state index contributed by atoms with van der Waals surface area (Å²) in [6.45, 7) is 2.14. The lowest BCUT2D eigenvalue weighted by Crippen LogP contribution is -2.46.